The van der Waals surface area contributed by atoms with Gasteiger partial charge in [-0.15, -0.1) is 160 Å². The molecule has 8 N–H and O–H groups in total. The molecule has 15 rings (SSSR count). The monoisotopic (exact) mass is 2630 g/mol. The first-order valence-corrected chi connectivity index (χ1v) is 38.9. The molecule has 18 nitrogen and oxygen atoms in total. The van der Waals surface area contributed by atoms with Gasteiger partial charge in [-0.05, 0) is 173 Å². The molecule has 8 aromatic heterocycles. The average Bonchev–Trinajstić information content (AvgIpc) is 0.778. The Labute approximate surface area is 844 Å². The number of aromatic carboxylic acids is 2. The molecule has 0 spiro atoms. The first-order valence-electron chi connectivity index (χ1n) is 38.9. The number of benzene rings is 7. The van der Waals surface area contributed by atoms with Gasteiger partial charge in [0.25, 0.3) is 0 Å². The molecule has 8 heterocycles. The molecule has 6 radical (unpaired) electrons. The van der Waals surface area contributed by atoms with Crippen molar-refractivity contribution in [3.05, 3.63) is 398 Å². The molecule has 34 heteroatoms. The Morgan fingerprint density at radius 3 is 1.08 bits per heavy atom. The van der Waals surface area contributed by atoms with Gasteiger partial charge in [0.2, 0.25) is 0 Å². The molecule has 0 saturated heterocycles. The summed E-state index contributed by atoms with van der Waals surface area (Å²) in [5, 5.41) is 71.5. The van der Waals surface area contributed by atoms with E-state index in [1.807, 2.05) is 158 Å². The van der Waals surface area contributed by atoms with E-state index in [9.17, 15) is 53.5 Å². The molecular formula is C99H92F10Ir3N8O10Rh3-6. The van der Waals surface area contributed by atoms with Crippen LogP contribution in [0.5, 0.6) is 0 Å². The third-order valence-corrected chi connectivity index (χ3v) is 16.0. The molecule has 718 valence electrons. The van der Waals surface area contributed by atoms with E-state index in [1.54, 1.807) is 78.2 Å². The van der Waals surface area contributed by atoms with Crippen molar-refractivity contribution >= 4 is 33.6 Å². The largest absolute Gasteiger partial charge is 0.477 e. The number of carboxylic acids is 2. The fourth-order valence-corrected chi connectivity index (χ4v) is 10.4. The van der Waals surface area contributed by atoms with Crippen LogP contribution in [0.1, 0.15) is 110 Å². The zero-order valence-corrected chi connectivity index (χ0v) is 83.7. The molecule has 6 atom stereocenters. The number of aliphatic hydroxyl groups excluding tert-OH is 6. The Morgan fingerprint density at radius 1 is 0.346 bits per heavy atom. The molecule has 0 aliphatic carbocycles. The summed E-state index contributed by atoms with van der Waals surface area (Å²) < 4.78 is 125. The molecule has 0 saturated carbocycles. The number of nitrogens with zero attached hydrogens (tertiary/aromatic N) is 8. The van der Waals surface area contributed by atoms with Crippen LogP contribution in [0.25, 0.3) is 66.7 Å². The Morgan fingerprint density at radius 2 is 0.737 bits per heavy atom. The van der Waals surface area contributed by atoms with Crippen molar-refractivity contribution in [2.75, 3.05) is 0 Å². The van der Waals surface area contributed by atoms with Gasteiger partial charge in [0.15, 0.2) is 0 Å². The van der Waals surface area contributed by atoms with Crippen LogP contribution >= 0.6 is 0 Å². The van der Waals surface area contributed by atoms with E-state index in [0.717, 1.165) is 63.9 Å². The van der Waals surface area contributed by atoms with Crippen molar-refractivity contribution in [3.63, 3.8) is 0 Å². The number of rotatable bonds is 14. The molecule has 6 unspecified atom stereocenters. The maximum atomic E-state index is 12.7. The molecule has 0 amide bonds. The molecule has 7 aromatic carbocycles. The van der Waals surface area contributed by atoms with Gasteiger partial charge in [-0.25, -0.2) is 19.6 Å². The third-order valence-electron chi connectivity index (χ3n) is 16.0. The third kappa shape index (κ3) is 52.5. The van der Waals surface area contributed by atoms with Gasteiger partial charge in [-0.1, -0.05) is 84.9 Å². The maximum absolute atomic E-state index is 12.7. The summed E-state index contributed by atoms with van der Waals surface area (Å²) in [5.41, 5.74) is 4.20. The van der Waals surface area contributed by atoms with Crippen LogP contribution in [0.15, 0.2) is 316 Å². The maximum Gasteiger partial charge on any atom is 0.417 e. The van der Waals surface area contributed by atoms with E-state index in [1.165, 1.54) is 83.5 Å². The van der Waals surface area contributed by atoms with E-state index < -0.39 is 53.0 Å². The molecule has 0 bridgehead atoms. The van der Waals surface area contributed by atoms with Crippen molar-refractivity contribution in [1.29, 1.82) is 0 Å². The Bertz CT molecular complexity index is 5170. The zero-order chi connectivity index (χ0) is 93.2. The quantitative estimate of drug-likeness (QED) is 0.0217. The van der Waals surface area contributed by atoms with Gasteiger partial charge < -0.3 is 65.8 Å². The van der Waals surface area contributed by atoms with Crippen molar-refractivity contribution < 1.29 is 213 Å². The van der Waals surface area contributed by atoms with E-state index in [-0.39, 0.29) is 184 Å². The summed E-state index contributed by atoms with van der Waals surface area (Å²) in [6.07, 6.45) is -2.04. The Balaban J connectivity index is 0. The van der Waals surface area contributed by atoms with Gasteiger partial charge in [-0.3, -0.25) is 9.37 Å². The normalized spacial score (nSPS) is 11.4. The second-order valence-electron chi connectivity index (χ2n) is 27.2. The minimum atomic E-state index is -4.91. The Kier molecular flexibility index (Phi) is 64.1. The number of fused-ring (bicyclic) bond motifs is 3. The molecule has 0 aliphatic heterocycles. The first kappa shape index (κ1) is 125. The number of aliphatic hydroxyl groups is 6. The topological polar surface area (TPSA) is 299 Å². The van der Waals surface area contributed by atoms with Gasteiger partial charge in [-0.2, -0.15) is 75.4 Å². The van der Waals surface area contributed by atoms with Crippen LogP contribution in [-0.2, 0) is 144 Å². The fourth-order valence-electron chi connectivity index (χ4n) is 10.4. The zero-order valence-electron chi connectivity index (χ0n) is 71.6. The molecule has 133 heavy (non-hydrogen) atoms. The molecule has 0 aliphatic rings. The number of aromatic nitrogens is 8. The van der Waals surface area contributed by atoms with Crippen LogP contribution in [0, 0.1) is 42.2 Å². The van der Waals surface area contributed by atoms with Gasteiger partial charge in [0, 0.05) is 180 Å². The van der Waals surface area contributed by atoms with E-state index in [2.05, 4.69) is 101 Å². The van der Waals surface area contributed by atoms with Gasteiger partial charge in [0.1, 0.15) is 11.4 Å². The smallest absolute Gasteiger partial charge is 0.417 e. The minimum Gasteiger partial charge on any atom is -0.477 e. The minimum absolute atomic E-state index is 0. The standard InChI is InChI=1S/C13H6F6N.C13H8N.C12H6F4N.C12H10N.2C11H8N.2C6H5NO2.3C5H12O2.3Ir.3Rh/c14-12(15,16)9-5-8(11-3-1-2-4-20-11)6-10(7-9)13(17,18)19;1-2-6-12-10(4-1)7-8-11-5-3-9-14-13(11)12;13-10-4-1-8(2-5-10)11-6-3-9(7-17-11)12(14,15)16;1-2-6-11(7-3-1)10-12-8-4-5-9-13-12;2*1-2-6-10(7-3-1)11-8-4-5-9-12-11;2*8-6(9)5-3-1-2-4-7-5;3*1-4(6)3-5(2)7;;;;;;/h1-5,7H;1-5,7-9H;1,3-7H;1-6,8-9H,10H2;2*1-6,8-9H;2*1-4H,(H,8,9);3*4-7H,3H2,1-2H3;;;;;;/q6*-1;;;;;;;;;;;. The fraction of sp³-hybridized carbons (Fsp3) is 0.192. The van der Waals surface area contributed by atoms with Crippen molar-refractivity contribution in [2.45, 2.75) is 122 Å². The molecule has 0 fully saturated rings. The summed E-state index contributed by atoms with van der Waals surface area (Å²) in [7, 11) is 0. The van der Waals surface area contributed by atoms with E-state index in [4.69, 9.17) is 40.9 Å². The summed E-state index contributed by atoms with van der Waals surface area (Å²) in [6, 6.07) is 93.0. The Hall–Kier alpha value is -9.92. The number of hydrogen-bond donors (Lipinski definition) is 8. The average molecular weight is 2630 g/mol. The summed E-state index contributed by atoms with van der Waals surface area (Å²) in [4.78, 5) is 51.9. The van der Waals surface area contributed by atoms with Crippen LogP contribution < -0.4 is 0 Å². The predicted molar refractivity (Wildman–Crippen MR) is 466 cm³/mol. The predicted octanol–water partition coefficient (Wildman–Crippen LogP) is 21.0. The van der Waals surface area contributed by atoms with Crippen LogP contribution in [0.4, 0.5) is 43.9 Å². The SMILES string of the molecule is CC(O)CC(C)O.CC(O)CC(C)O.CC(O)CC(C)O.FC(F)(F)c1[c-]c(-c2ccccn2)cc(C(F)(F)F)c1.Fc1c[c-]c(-c2ccc(C(F)(F)F)cn2)cc1.O=C(O)c1ccccn1.O=C(O)c1ccccn1.[Ir].[Ir].[Ir].[Rh].[Rh].[Rh].[c-]1cccc2ccc3cccnc3c12.[c-]1ccccc1-c1ccccn1.[c-]1ccccc1-c1ccccn1.[c-]1ccccc1Cc1ccccn1. The second-order valence-corrected chi connectivity index (χ2v) is 27.2. The van der Waals surface area contributed by atoms with Crippen molar-refractivity contribution in [1.82, 2.24) is 39.9 Å². The van der Waals surface area contributed by atoms with Crippen molar-refractivity contribution in [2.24, 2.45) is 0 Å². The summed E-state index contributed by atoms with van der Waals surface area (Å²) in [6.45, 7) is 9.96. The second kappa shape index (κ2) is 68.1. The molecular weight excluding hydrogens is 2540 g/mol. The molecule has 15 aromatic rings. The number of carbonyl (C=O) groups is 2. The first-order chi connectivity index (χ1) is 60.5. The van der Waals surface area contributed by atoms with E-state index in [0.29, 0.717) is 36.6 Å². The van der Waals surface area contributed by atoms with E-state index >= 15 is 0 Å². The van der Waals surface area contributed by atoms with Crippen molar-refractivity contribution in [3.8, 4) is 45.0 Å². The number of alkyl halides is 9. The summed E-state index contributed by atoms with van der Waals surface area (Å²) >= 11 is 0. The number of halogens is 10. The number of hydrogen-bond acceptors (Lipinski definition) is 16. The number of carboxylic acid groups (broad SMARTS) is 2. The van der Waals surface area contributed by atoms with Gasteiger partial charge >= 0.3 is 30.5 Å². The van der Waals surface area contributed by atoms with Gasteiger partial charge in [0.05, 0.1) is 42.2 Å². The van der Waals surface area contributed by atoms with Crippen LogP contribution in [0.3, 0.4) is 0 Å². The van der Waals surface area contributed by atoms with Crippen LogP contribution in [-0.4, -0.2) is 129 Å². The summed E-state index contributed by atoms with van der Waals surface area (Å²) in [5.74, 6) is -2.44. The van der Waals surface area contributed by atoms with Crippen LogP contribution in [0.2, 0.25) is 0 Å². The number of pyridine rings is 8.